The zero-order chi connectivity index (χ0) is 19.4. The van der Waals surface area contributed by atoms with Gasteiger partial charge in [0.1, 0.15) is 16.9 Å². The molecule has 0 saturated heterocycles. The predicted octanol–water partition coefficient (Wildman–Crippen LogP) is 1.84. The van der Waals surface area contributed by atoms with Crippen molar-refractivity contribution in [2.75, 3.05) is 6.61 Å². The number of aryl methyl sites for hydroxylation is 2. The molecule has 0 aliphatic heterocycles. The molecule has 3 rings (SSSR count). The number of hydrogen-bond donors (Lipinski definition) is 2. The Balaban J connectivity index is 1.88. The van der Waals surface area contributed by atoms with E-state index in [-0.39, 0.29) is 24.2 Å². The van der Waals surface area contributed by atoms with E-state index < -0.39 is 11.3 Å². The Hall–Kier alpha value is -2.77. The molecule has 7 nitrogen and oxygen atoms in total. The number of carbonyl (C=O) groups excluding carboxylic acids is 1. The summed E-state index contributed by atoms with van der Waals surface area (Å²) in [5.74, 6) is -0.00431. The average Bonchev–Trinajstić information content (AvgIpc) is 2.68. The van der Waals surface area contributed by atoms with Crippen molar-refractivity contribution in [3.63, 3.8) is 0 Å². The number of nitrogens with zero attached hydrogens (tertiary/aromatic N) is 3. The summed E-state index contributed by atoms with van der Waals surface area (Å²) < 4.78 is 1.66. The fraction of sp³-hybridized carbons (Fsp3) is 0.263. The number of carbonyl (C=O) groups is 1. The molecule has 1 amide bonds. The van der Waals surface area contributed by atoms with Gasteiger partial charge >= 0.3 is 0 Å². The Morgan fingerprint density at radius 1 is 1.30 bits per heavy atom. The number of amides is 1. The summed E-state index contributed by atoms with van der Waals surface area (Å²) in [4.78, 5) is 33.8. The first-order valence-corrected chi connectivity index (χ1v) is 8.86. The van der Waals surface area contributed by atoms with Crippen molar-refractivity contribution in [3.8, 4) is 0 Å². The van der Waals surface area contributed by atoms with Crippen LogP contribution in [-0.2, 0) is 20.0 Å². The normalized spacial score (nSPS) is 10.9. The smallest absolute Gasteiger partial charge is 0.257 e. The summed E-state index contributed by atoms with van der Waals surface area (Å²) in [5.41, 5.74) is 1.19. The molecule has 0 fully saturated rings. The molecule has 0 unspecified atom stereocenters. The minimum absolute atomic E-state index is 0.0192. The molecule has 0 aliphatic rings. The van der Waals surface area contributed by atoms with Gasteiger partial charge < -0.3 is 15.0 Å². The fourth-order valence-corrected chi connectivity index (χ4v) is 2.81. The van der Waals surface area contributed by atoms with Gasteiger partial charge in [0, 0.05) is 37.8 Å². The minimum atomic E-state index is -0.469. The average molecular weight is 387 g/mol. The highest BCUT2D eigenvalue weighted by Crippen LogP contribution is 2.11. The molecule has 0 atom stereocenters. The van der Waals surface area contributed by atoms with Gasteiger partial charge in [0.2, 0.25) is 5.43 Å². The quantitative estimate of drug-likeness (QED) is 0.673. The van der Waals surface area contributed by atoms with Gasteiger partial charge in [-0.1, -0.05) is 23.7 Å². The van der Waals surface area contributed by atoms with Crippen LogP contribution in [0.5, 0.6) is 0 Å². The first-order chi connectivity index (χ1) is 13.0. The number of halogens is 1. The fourth-order valence-electron chi connectivity index (χ4n) is 2.69. The third kappa shape index (κ3) is 4.32. The van der Waals surface area contributed by atoms with Crippen LogP contribution >= 0.6 is 11.6 Å². The topological polar surface area (TPSA) is 97.1 Å². The Morgan fingerprint density at radius 2 is 2.04 bits per heavy atom. The maximum atomic E-state index is 12.8. The van der Waals surface area contributed by atoms with E-state index in [9.17, 15) is 9.59 Å². The highest BCUT2D eigenvalue weighted by molar-refractivity contribution is 6.30. The number of nitrogens with one attached hydrogen (secondary N) is 1. The van der Waals surface area contributed by atoms with E-state index in [1.54, 1.807) is 29.9 Å². The van der Waals surface area contributed by atoms with Crippen LogP contribution < -0.4 is 10.7 Å². The largest absolute Gasteiger partial charge is 0.396 e. The Bertz CT molecular complexity index is 1030. The second-order valence-corrected chi connectivity index (χ2v) is 6.58. The zero-order valence-corrected chi connectivity index (χ0v) is 15.5. The predicted molar refractivity (Wildman–Crippen MR) is 103 cm³/mol. The molecule has 0 radical (unpaired) electrons. The number of hydrogen-bond acceptors (Lipinski definition) is 5. The zero-order valence-electron chi connectivity index (χ0n) is 14.8. The van der Waals surface area contributed by atoms with Crippen LogP contribution in [0.25, 0.3) is 11.0 Å². The second kappa shape index (κ2) is 8.28. The van der Waals surface area contributed by atoms with E-state index >= 15 is 0 Å². The van der Waals surface area contributed by atoms with Gasteiger partial charge in [-0.15, -0.1) is 0 Å². The summed E-state index contributed by atoms with van der Waals surface area (Å²) >= 11 is 5.85. The van der Waals surface area contributed by atoms with Gasteiger partial charge in [-0.05, 0) is 24.1 Å². The van der Waals surface area contributed by atoms with Crippen LogP contribution in [0.15, 0.2) is 41.5 Å². The number of aliphatic hydroxyl groups is 1. The summed E-state index contributed by atoms with van der Waals surface area (Å²) in [6.45, 7) is 0.301. The Labute approximate surface area is 160 Å². The van der Waals surface area contributed by atoms with Gasteiger partial charge in [-0.25, -0.2) is 9.97 Å². The monoisotopic (exact) mass is 386 g/mol. The standard InChI is InChI=1S/C19H19ClN4O3/c1-24-11-14(19(27)22-9-12-4-6-13(20)7-5-12)18(26)17-15(24)10-21-16(23-17)3-2-8-25/h4-7,10-11,25H,2-3,8-9H2,1H3,(H,22,27). The van der Waals surface area contributed by atoms with Crippen LogP contribution in [0, 0.1) is 0 Å². The molecule has 8 heteroatoms. The molecule has 1 aromatic carbocycles. The molecule has 2 aromatic heterocycles. The molecule has 2 heterocycles. The highest BCUT2D eigenvalue weighted by Gasteiger charge is 2.16. The van der Waals surface area contributed by atoms with Gasteiger partial charge in [0.15, 0.2) is 0 Å². The maximum Gasteiger partial charge on any atom is 0.257 e. The van der Waals surface area contributed by atoms with E-state index in [0.29, 0.717) is 29.2 Å². The number of benzene rings is 1. The van der Waals surface area contributed by atoms with Crippen LogP contribution in [0.1, 0.15) is 28.2 Å². The first kappa shape index (κ1) is 19.0. The summed E-state index contributed by atoms with van der Waals surface area (Å²) in [7, 11) is 1.73. The number of pyridine rings is 1. The van der Waals surface area contributed by atoms with E-state index in [4.69, 9.17) is 16.7 Å². The minimum Gasteiger partial charge on any atom is -0.396 e. The molecule has 3 aromatic rings. The number of fused-ring (bicyclic) bond motifs is 1. The summed E-state index contributed by atoms with van der Waals surface area (Å²) in [6.07, 6.45) is 4.01. The van der Waals surface area contributed by atoms with E-state index in [0.717, 1.165) is 5.56 Å². The van der Waals surface area contributed by atoms with Crippen molar-refractivity contribution in [1.29, 1.82) is 0 Å². The van der Waals surface area contributed by atoms with Gasteiger partial charge in [0.25, 0.3) is 5.91 Å². The lowest BCUT2D eigenvalue weighted by Crippen LogP contribution is -2.29. The third-order valence-corrected chi connectivity index (χ3v) is 4.40. The maximum absolute atomic E-state index is 12.8. The molecule has 2 N–H and O–H groups in total. The van der Waals surface area contributed by atoms with Crippen molar-refractivity contribution in [2.24, 2.45) is 7.05 Å². The highest BCUT2D eigenvalue weighted by atomic mass is 35.5. The molecular formula is C19H19ClN4O3. The molecule has 27 heavy (non-hydrogen) atoms. The SMILES string of the molecule is Cn1cc(C(=O)NCc2ccc(Cl)cc2)c(=O)c2nc(CCCO)ncc21. The Morgan fingerprint density at radius 3 is 2.74 bits per heavy atom. The van der Waals surface area contributed by atoms with Crippen LogP contribution in [0.2, 0.25) is 5.02 Å². The van der Waals surface area contributed by atoms with E-state index in [2.05, 4.69) is 15.3 Å². The Kier molecular flexibility index (Phi) is 5.83. The lowest BCUT2D eigenvalue weighted by atomic mass is 10.2. The van der Waals surface area contributed by atoms with E-state index in [1.165, 1.54) is 6.20 Å². The van der Waals surface area contributed by atoms with Gasteiger partial charge in [-0.2, -0.15) is 0 Å². The van der Waals surface area contributed by atoms with Crippen molar-refractivity contribution in [1.82, 2.24) is 19.9 Å². The van der Waals surface area contributed by atoms with Crippen LogP contribution in [0.4, 0.5) is 0 Å². The van der Waals surface area contributed by atoms with Gasteiger partial charge in [0.05, 0.1) is 11.7 Å². The molecule has 0 aliphatic carbocycles. The molecule has 0 spiro atoms. The number of aromatic nitrogens is 3. The second-order valence-electron chi connectivity index (χ2n) is 6.14. The number of rotatable bonds is 6. The van der Waals surface area contributed by atoms with E-state index in [1.807, 2.05) is 12.1 Å². The first-order valence-electron chi connectivity index (χ1n) is 8.48. The van der Waals surface area contributed by atoms with Crippen molar-refractivity contribution in [3.05, 3.63) is 68.9 Å². The van der Waals surface area contributed by atoms with Crippen molar-refractivity contribution < 1.29 is 9.90 Å². The lowest BCUT2D eigenvalue weighted by molar-refractivity contribution is 0.0949. The molecular weight excluding hydrogens is 368 g/mol. The van der Waals surface area contributed by atoms with Gasteiger partial charge in [-0.3, -0.25) is 9.59 Å². The summed E-state index contributed by atoms with van der Waals surface area (Å²) in [6, 6.07) is 7.09. The summed E-state index contributed by atoms with van der Waals surface area (Å²) in [5, 5.41) is 12.3. The number of aliphatic hydroxyl groups excluding tert-OH is 1. The van der Waals surface area contributed by atoms with Crippen molar-refractivity contribution >= 4 is 28.5 Å². The van der Waals surface area contributed by atoms with Crippen molar-refractivity contribution in [2.45, 2.75) is 19.4 Å². The molecule has 0 bridgehead atoms. The van der Waals surface area contributed by atoms with Crippen LogP contribution in [0.3, 0.4) is 0 Å². The molecule has 140 valence electrons. The molecule has 0 saturated carbocycles. The lowest BCUT2D eigenvalue weighted by Gasteiger charge is -2.10. The third-order valence-electron chi connectivity index (χ3n) is 4.15. The van der Waals surface area contributed by atoms with Crippen LogP contribution in [-0.4, -0.2) is 32.2 Å².